The Balaban J connectivity index is 2.71. The van der Waals surface area contributed by atoms with Crippen molar-refractivity contribution >= 4 is 11.9 Å². The molecule has 0 unspecified atom stereocenters. The fraction of sp³-hybridized carbons (Fsp3) is 0.231. The van der Waals surface area contributed by atoms with E-state index in [1.165, 1.54) is 25.1 Å². The average Bonchev–Trinajstić information content (AvgIpc) is 2.29. The smallest absolute Gasteiger partial charge is 0.332 e. The summed E-state index contributed by atoms with van der Waals surface area (Å²) in [6.45, 7) is 3.46. The summed E-state index contributed by atoms with van der Waals surface area (Å²) in [6.07, 6.45) is 1.14. The average molecular weight is 251 g/mol. The lowest BCUT2D eigenvalue weighted by molar-refractivity contribution is -0.137. The number of hydrogen-bond donors (Lipinski definition) is 1. The van der Waals surface area contributed by atoms with Crippen LogP contribution in [0.4, 0.5) is 4.39 Å². The van der Waals surface area contributed by atoms with Gasteiger partial charge in [0.25, 0.3) is 5.91 Å². The number of hydrogen-bond acceptors (Lipinski definition) is 3. The molecule has 1 amide bonds. The van der Waals surface area contributed by atoms with Crippen molar-refractivity contribution in [2.24, 2.45) is 0 Å². The number of rotatable bonds is 4. The van der Waals surface area contributed by atoms with Crippen molar-refractivity contribution in [1.29, 1.82) is 0 Å². The van der Waals surface area contributed by atoms with Crippen molar-refractivity contribution < 1.29 is 18.7 Å². The monoisotopic (exact) mass is 251 g/mol. The zero-order chi connectivity index (χ0) is 13.5. The number of nitrogens with one attached hydrogen (secondary N) is 1. The SMILES string of the molecule is CCOC(=O)/C=C(\C)NC(=O)c1ccccc1F. The summed E-state index contributed by atoms with van der Waals surface area (Å²) in [6, 6.07) is 5.61. The Hall–Kier alpha value is -2.17. The van der Waals surface area contributed by atoms with Gasteiger partial charge >= 0.3 is 5.97 Å². The number of ether oxygens (including phenoxy) is 1. The Morgan fingerprint density at radius 2 is 2.06 bits per heavy atom. The van der Waals surface area contributed by atoms with Crippen molar-refractivity contribution in [1.82, 2.24) is 5.32 Å². The number of amides is 1. The predicted molar refractivity (Wildman–Crippen MR) is 64.3 cm³/mol. The first kappa shape index (κ1) is 13.9. The summed E-state index contributed by atoms with van der Waals surface area (Å²) < 4.78 is 18.0. The molecule has 5 heteroatoms. The molecule has 1 rings (SSSR count). The molecule has 0 atom stereocenters. The van der Waals surface area contributed by atoms with Gasteiger partial charge in [0.05, 0.1) is 12.2 Å². The first-order valence-corrected chi connectivity index (χ1v) is 5.45. The molecule has 0 heterocycles. The van der Waals surface area contributed by atoms with Gasteiger partial charge in [-0.1, -0.05) is 12.1 Å². The van der Waals surface area contributed by atoms with E-state index in [2.05, 4.69) is 10.1 Å². The lowest BCUT2D eigenvalue weighted by Crippen LogP contribution is -2.23. The minimum absolute atomic E-state index is 0.0749. The maximum Gasteiger partial charge on any atom is 0.332 e. The molecule has 0 aliphatic carbocycles. The van der Waals surface area contributed by atoms with Gasteiger partial charge in [0.1, 0.15) is 5.82 Å². The molecule has 0 spiro atoms. The van der Waals surface area contributed by atoms with E-state index < -0.39 is 17.7 Å². The summed E-state index contributed by atoms with van der Waals surface area (Å²) in [5.74, 6) is -1.77. The summed E-state index contributed by atoms with van der Waals surface area (Å²) >= 11 is 0. The van der Waals surface area contributed by atoms with Crippen molar-refractivity contribution in [3.05, 3.63) is 47.4 Å². The van der Waals surface area contributed by atoms with E-state index in [4.69, 9.17) is 0 Å². The molecule has 0 bridgehead atoms. The molecular formula is C13H14FNO3. The molecule has 0 aliphatic heterocycles. The molecule has 0 aromatic heterocycles. The largest absolute Gasteiger partial charge is 0.463 e. The molecule has 0 aliphatic rings. The van der Waals surface area contributed by atoms with Crippen LogP contribution in [0.15, 0.2) is 36.0 Å². The third kappa shape index (κ3) is 4.01. The van der Waals surface area contributed by atoms with Crippen LogP contribution in [0.3, 0.4) is 0 Å². The second kappa shape index (κ2) is 6.54. The predicted octanol–water partition coefficient (Wildman–Crippen LogP) is 2.02. The van der Waals surface area contributed by atoms with Gasteiger partial charge in [-0.3, -0.25) is 4.79 Å². The van der Waals surface area contributed by atoms with E-state index >= 15 is 0 Å². The molecule has 1 aromatic carbocycles. The van der Waals surface area contributed by atoms with Crippen LogP contribution >= 0.6 is 0 Å². The second-order valence-electron chi connectivity index (χ2n) is 3.51. The Bertz CT molecular complexity index is 483. The second-order valence-corrected chi connectivity index (χ2v) is 3.51. The van der Waals surface area contributed by atoms with Gasteiger partial charge < -0.3 is 10.1 Å². The van der Waals surface area contributed by atoms with Gasteiger partial charge in [0.2, 0.25) is 0 Å². The van der Waals surface area contributed by atoms with Crippen LogP contribution in [0.5, 0.6) is 0 Å². The van der Waals surface area contributed by atoms with E-state index in [9.17, 15) is 14.0 Å². The summed E-state index contributed by atoms with van der Waals surface area (Å²) in [5, 5.41) is 2.41. The molecular weight excluding hydrogens is 237 g/mol. The number of allylic oxidation sites excluding steroid dienone is 1. The van der Waals surface area contributed by atoms with Gasteiger partial charge in [-0.05, 0) is 26.0 Å². The highest BCUT2D eigenvalue weighted by Gasteiger charge is 2.11. The third-order valence-corrected chi connectivity index (χ3v) is 2.05. The van der Waals surface area contributed by atoms with Crippen LogP contribution in [0, 0.1) is 5.82 Å². The highest BCUT2D eigenvalue weighted by Crippen LogP contribution is 2.06. The van der Waals surface area contributed by atoms with Crippen LogP contribution in [0.1, 0.15) is 24.2 Å². The molecule has 0 radical (unpaired) electrons. The summed E-state index contributed by atoms with van der Waals surface area (Å²) in [5.41, 5.74) is 0.218. The van der Waals surface area contributed by atoms with Crippen molar-refractivity contribution in [2.45, 2.75) is 13.8 Å². The minimum atomic E-state index is -0.612. The molecule has 0 saturated heterocycles. The van der Waals surface area contributed by atoms with Crippen LogP contribution in [-0.4, -0.2) is 18.5 Å². The normalized spacial score (nSPS) is 10.9. The molecule has 1 aromatic rings. The molecule has 4 nitrogen and oxygen atoms in total. The van der Waals surface area contributed by atoms with E-state index in [1.54, 1.807) is 13.0 Å². The quantitative estimate of drug-likeness (QED) is 0.658. The highest BCUT2D eigenvalue weighted by molar-refractivity contribution is 5.96. The van der Waals surface area contributed by atoms with Crippen molar-refractivity contribution in [2.75, 3.05) is 6.61 Å². The molecule has 18 heavy (non-hydrogen) atoms. The van der Waals surface area contributed by atoms with Gasteiger partial charge in [0, 0.05) is 11.8 Å². The molecule has 1 N–H and O–H groups in total. The third-order valence-electron chi connectivity index (χ3n) is 2.05. The standard InChI is InChI=1S/C13H14FNO3/c1-3-18-12(16)8-9(2)15-13(17)10-6-4-5-7-11(10)14/h4-8H,3H2,1-2H3,(H,15,17)/b9-8+. The van der Waals surface area contributed by atoms with Crippen LogP contribution in [-0.2, 0) is 9.53 Å². The lowest BCUT2D eigenvalue weighted by atomic mass is 10.2. The minimum Gasteiger partial charge on any atom is -0.463 e. The number of carbonyl (C=O) groups is 2. The maximum absolute atomic E-state index is 13.3. The fourth-order valence-corrected chi connectivity index (χ4v) is 1.29. The first-order chi connectivity index (χ1) is 8.54. The molecule has 0 fully saturated rings. The zero-order valence-corrected chi connectivity index (χ0v) is 10.2. The zero-order valence-electron chi connectivity index (χ0n) is 10.2. The number of halogens is 1. The maximum atomic E-state index is 13.3. The summed E-state index contributed by atoms with van der Waals surface area (Å²) in [4.78, 5) is 22.8. The Morgan fingerprint density at radius 3 is 2.67 bits per heavy atom. The van der Waals surface area contributed by atoms with Crippen molar-refractivity contribution in [3.8, 4) is 0 Å². The van der Waals surface area contributed by atoms with E-state index in [0.29, 0.717) is 5.70 Å². The molecule has 0 saturated carbocycles. The Morgan fingerprint density at radius 1 is 1.39 bits per heavy atom. The van der Waals surface area contributed by atoms with E-state index in [1.807, 2.05) is 0 Å². The topological polar surface area (TPSA) is 55.4 Å². The fourth-order valence-electron chi connectivity index (χ4n) is 1.29. The number of benzene rings is 1. The highest BCUT2D eigenvalue weighted by atomic mass is 19.1. The van der Waals surface area contributed by atoms with Crippen LogP contribution in [0.25, 0.3) is 0 Å². The van der Waals surface area contributed by atoms with Crippen LogP contribution < -0.4 is 5.32 Å². The van der Waals surface area contributed by atoms with Gasteiger partial charge in [-0.15, -0.1) is 0 Å². The number of esters is 1. The first-order valence-electron chi connectivity index (χ1n) is 5.45. The van der Waals surface area contributed by atoms with Crippen molar-refractivity contribution in [3.63, 3.8) is 0 Å². The Labute approximate surface area is 104 Å². The van der Waals surface area contributed by atoms with Crippen LogP contribution in [0.2, 0.25) is 0 Å². The Kier molecular flexibility index (Phi) is 5.05. The molecule has 96 valence electrons. The van der Waals surface area contributed by atoms with E-state index in [0.717, 1.165) is 6.08 Å². The summed E-state index contributed by atoms with van der Waals surface area (Å²) in [7, 11) is 0. The lowest BCUT2D eigenvalue weighted by Gasteiger charge is -2.06. The number of carbonyl (C=O) groups excluding carboxylic acids is 2. The van der Waals surface area contributed by atoms with Gasteiger partial charge in [0.15, 0.2) is 0 Å². The van der Waals surface area contributed by atoms with E-state index in [-0.39, 0.29) is 12.2 Å². The van der Waals surface area contributed by atoms with Gasteiger partial charge in [-0.25, -0.2) is 9.18 Å². The van der Waals surface area contributed by atoms with Gasteiger partial charge in [-0.2, -0.15) is 0 Å².